The number of hydrogen-bond acceptors (Lipinski definition) is 5. The molecule has 0 radical (unpaired) electrons. The van der Waals surface area contributed by atoms with Crippen molar-refractivity contribution < 1.29 is 23.8 Å². The zero-order valence-electron chi connectivity index (χ0n) is 7.12. The molecule has 0 aromatic carbocycles. The van der Waals surface area contributed by atoms with Crippen molar-refractivity contribution in [2.75, 3.05) is 19.8 Å². The van der Waals surface area contributed by atoms with Crippen LogP contribution in [0.1, 0.15) is 0 Å². The molecule has 1 fully saturated rings. The van der Waals surface area contributed by atoms with Crippen molar-refractivity contribution in [2.24, 2.45) is 0 Å². The Bertz CT molecular complexity index is 316. The maximum atomic E-state index is 11.2. The van der Waals surface area contributed by atoms with E-state index >= 15 is 0 Å². The second-order valence-electron chi connectivity index (χ2n) is 2.84. The molecule has 0 amide bonds. The average Bonchev–Trinajstić information content (AvgIpc) is 2.43. The molecule has 6 heteroatoms. The molecular formula is C8H7ClO5. The van der Waals surface area contributed by atoms with Crippen molar-refractivity contribution in [1.82, 2.24) is 0 Å². The fourth-order valence-electron chi connectivity index (χ4n) is 1.31. The molecule has 2 aliphatic heterocycles. The van der Waals surface area contributed by atoms with Gasteiger partial charge in [0.25, 0.3) is 0 Å². The second kappa shape index (κ2) is 3.68. The molecule has 0 saturated carbocycles. The molecule has 5 nitrogen and oxygen atoms in total. The number of halogens is 1. The van der Waals surface area contributed by atoms with E-state index in [0.717, 1.165) is 0 Å². The zero-order valence-corrected chi connectivity index (χ0v) is 7.87. The third kappa shape index (κ3) is 1.54. The highest BCUT2D eigenvalue weighted by Crippen LogP contribution is 2.26. The molecule has 14 heavy (non-hydrogen) atoms. The topological polar surface area (TPSA) is 61.8 Å². The van der Waals surface area contributed by atoms with Crippen LogP contribution in [0.4, 0.5) is 0 Å². The van der Waals surface area contributed by atoms with Crippen LogP contribution in [0, 0.1) is 0 Å². The summed E-state index contributed by atoms with van der Waals surface area (Å²) in [5.74, 6) is -1.56. The fraction of sp³-hybridized carbons (Fsp3) is 0.500. The fourth-order valence-corrected chi connectivity index (χ4v) is 1.55. The summed E-state index contributed by atoms with van der Waals surface area (Å²) in [7, 11) is 0. The summed E-state index contributed by atoms with van der Waals surface area (Å²) in [5, 5.41) is -0.203. The molecule has 76 valence electrons. The molecule has 0 spiro atoms. The van der Waals surface area contributed by atoms with E-state index < -0.39 is 18.0 Å². The third-order valence-corrected chi connectivity index (χ3v) is 2.32. The molecular weight excluding hydrogens is 212 g/mol. The minimum Gasteiger partial charge on any atom is -0.385 e. The predicted octanol–water partition coefficient (Wildman–Crippen LogP) is -0.0219. The van der Waals surface area contributed by atoms with Crippen LogP contribution >= 0.6 is 11.6 Å². The van der Waals surface area contributed by atoms with Gasteiger partial charge in [-0.05, 0) is 0 Å². The number of esters is 2. The Hall–Kier alpha value is -0.910. The number of ether oxygens (including phenoxy) is 3. The molecule has 2 aliphatic rings. The first-order valence-electron chi connectivity index (χ1n) is 4.05. The van der Waals surface area contributed by atoms with Crippen molar-refractivity contribution >= 4 is 23.5 Å². The maximum absolute atomic E-state index is 11.2. The molecule has 0 bridgehead atoms. The van der Waals surface area contributed by atoms with Gasteiger partial charge >= 0.3 is 11.9 Å². The van der Waals surface area contributed by atoms with Crippen LogP contribution in [0.15, 0.2) is 10.6 Å². The quantitative estimate of drug-likeness (QED) is 0.457. The van der Waals surface area contributed by atoms with Gasteiger partial charge in [0, 0.05) is 0 Å². The smallest absolute Gasteiger partial charge is 0.358 e. The minimum atomic E-state index is -0.819. The molecule has 0 N–H and O–H groups in total. The van der Waals surface area contributed by atoms with E-state index in [9.17, 15) is 9.59 Å². The first-order valence-corrected chi connectivity index (χ1v) is 4.43. The highest BCUT2D eigenvalue weighted by atomic mass is 35.5. The van der Waals surface area contributed by atoms with Gasteiger partial charge in [0.05, 0.1) is 25.4 Å². The van der Waals surface area contributed by atoms with Crippen molar-refractivity contribution in [1.29, 1.82) is 0 Å². The normalized spacial score (nSPS) is 28.2. The van der Waals surface area contributed by atoms with Crippen molar-refractivity contribution in [3.8, 4) is 0 Å². The van der Waals surface area contributed by atoms with Gasteiger partial charge in [-0.25, -0.2) is 9.59 Å². The molecule has 2 heterocycles. The molecule has 1 atom stereocenters. The van der Waals surface area contributed by atoms with Crippen LogP contribution in [-0.2, 0) is 23.8 Å². The number of carbonyl (C=O) groups excluding carboxylic acids is 2. The largest absolute Gasteiger partial charge is 0.385 e. The van der Waals surface area contributed by atoms with Gasteiger partial charge in [-0.1, -0.05) is 11.6 Å². The summed E-state index contributed by atoms with van der Waals surface area (Å²) in [6.07, 6.45) is -0.588. The van der Waals surface area contributed by atoms with Crippen LogP contribution in [0.25, 0.3) is 0 Å². The summed E-state index contributed by atoms with van der Waals surface area (Å²) in [4.78, 5) is 22.1. The van der Waals surface area contributed by atoms with E-state index in [1.165, 1.54) is 0 Å². The zero-order chi connectivity index (χ0) is 10.1. The van der Waals surface area contributed by atoms with Crippen molar-refractivity contribution in [3.63, 3.8) is 0 Å². The lowest BCUT2D eigenvalue weighted by atomic mass is 10.1. The first kappa shape index (κ1) is 9.64. The lowest BCUT2D eigenvalue weighted by Crippen LogP contribution is -2.32. The van der Waals surface area contributed by atoms with E-state index in [2.05, 4.69) is 4.74 Å². The minimum absolute atomic E-state index is 0.0661. The molecule has 0 aliphatic carbocycles. The van der Waals surface area contributed by atoms with Gasteiger partial charge in [0.15, 0.2) is 0 Å². The summed E-state index contributed by atoms with van der Waals surface area (Å²) >= 11 is 5.61. The second-order valence-corrected chi connectivity index (χ2v) is 3.22. The number of hydrogen-bond donors (Lipinski definition) is 0. The summed E-state index contributed by atoms with van der Waals surface area (Å²) < 4.78 is 14.6. The highest BCUT2D eigenvalue weighted by molar-refractivity contribution is 6.46. The predicted molar refractivity (Wildman–Crippen MR) is 44.5 cm³/mol. The Morgan fingerprint density at radius 3 is 2.50 bits per heavy atom. The van der Waals surface area contributed by atoms with Gasteiger partial charge < -0.3 is 14.2 Å². The van der Waals surface area contributed by atoms with E-state index in [-0.39, 0.29) is 17.2 Å². The SMILES string of the molecule is O=C1OC(=O)C([C@H]2COCCO2)=C1Cl. The molecule has 2 rings (SSSR count). The number of carbonyl (C=O) groups is 2. The average molecular weight is 219 g/mol. The maximum Gasteiger partial charge on any atom is 0.358 e. The highest BCUT2D eigenvalue weighted by Gasteiger charge is 2.38. The van der Waals surface area contributed by atoms with Crippen LogP contribution in [0.5, 0.6) is 0 Å². The first-order chi connectivity index (χ1) is 6.70. The lowest BCUT2D eigenvalue weighted by molar-refractivity contribution is -0.152. The van der Waals surface area contributed by atoms with Crippen LogP contribution in [-0.4, -0.2) is 37.9 Å². The number of rotatable bonds is 1. The van der Waals surface area contributed by atoms with E-state index in [4.69, 9.17) is 21.1 Å². The number of cyclic esters (lactones) is 2. The molecule has 0 aromatic rings. The lowest BCUT2D eigenvalue weighted by Gasteiger charge is -2.22. The summed E-state index contributed by atoms with van der Waals surface area (Å²) in [6.45, 7) is 1.07. The summed E-state index contributed by atoms with van der Waals surface area (Å²) in [6, 6.07) is 0. The van der Waals surface area contributed by atoms with Crippen molar-refractivity contribution in [3.05, 3.63) is 10.6 Å². The Labute approximate surface area is 84.6 Å². The van der Waals surface area contributed by atoms with E-state index in [1.54, 1.807) is 0 Å². The van der Waals surface area contributed by atoms with Gasteiger partial charge in [0.1, 0.15) is 11.1 Å². The van der Waals surface area contributed by atoms with Crippen molar-refractivity contribution in [2.45, 2.75) is 6.10 Å². The van der Waals surface area contributed by atoms with E-state index in [1.807, 2.05) is 0 Å². The Kier molecular flexibility index (Phi) is 2.54. The van der Waals surface area contributed by atoms with E-state index in [0.29, 0.717) is 13.2 Å². The van der Waals surface area contributed by atoms with Crippen LogP contribution in [0.3, 0.4) is 0 Å². The Balaban J connectivity index is 2.23. The monoisotopic (exact) mass is 218 g/mol. The Morgan fingerprint density at radius 1 is 1.21 bits per heavy atom. The van der Waals surface area contributed by atoms with Crippen LogP contribution in [0.2, 0.25) is 0 Å². The third-order valence-electron chi connectivity index (χ3n) is 1.96. The molecule has 0 aromatic heterocycles. The van der Waals surface area contributed by atoms with Gasteiger partial charge in [-0.3, -0.25) is 0 Å². The molecule has 0 unspecified atom stereocenters. The standard InChI is InChI=1S/C8H7ClO5/c9-6-5(7(10)14-8(6)11)4-3-12-1-2-13-4/h4H,1-3H2/t4-/m1/s1. The van der Waals surface area contributed by atoms with Gasteiger partial charge in [0.2, 0.25) is 0 Å². The molecule has 1 saturated heterocycles. The van der Waals surface area contributed by atoms with Gasteiger partial charge in [-0.15, -0.1) is 0 Å². The van der Waals surface area contributed by atoms with Gasteiger partial charge in [-0.2, -0.15) is 0 Å². The Morgan fingerprint density at radius 2 is 2.00 bits per heavy atom. The summed E-state index contributed by atoms with van der Waals surface area (Å²) in [5.41, 5.74) is 0.0661. The van der Waals surface area contributed by atoms with Crippen LogP contribution < -0.4 is 0 Å².